The van der Waals surface area contributed by atoms with Gasteiger partial charge in [-0.2, -0.15) is 18.4 Å². The van der Waals surface area contributed by atoms with Crippen LogP contribution in [0.25, 0.3) is 0 Å². The van der Waals surface area contributed by atoms with Crippen LogP contribution in [-0.4, -0.2) is 5.11 Å². The van der Waals surface area contributed by atoms with Gasteiger partial charge in [0.1, 0.15) is 5.75 Å². The Kier molecular flexibility index (Phi) is 2.39. The minimum absolute atomic E-state index is 0.208. The van der Waals surface area contributed by atoms with Gasteiger partial charge >= 0.3 is 6.18 Å². The third-order valence-corrected chi connectivity index (χ3v) is 1.81. The fourth-order valence-corrected chi connectivity index (χ4v) is 1.06. The molecule has 0 saturated carbocycles. The maximum absolute atomic E-state index is 12.3. The van der Waals surface area contributed by atoms with Crippen molar-refractivity contribution in [3.63, 3.8) is 0 Å². The van der Waals surface area contributed by atoms with E-state index in [-0.39, 0.29) is 11.1 Å². The first-order valence-corrected chi connectivity index (χ1v) is 3.67. The molecule has 0 aliphatic heterocycles. The molecule has 1 aromatic rings. The summed E-state index contributed by atoms with van der Waals surface area (Å²) in [4.78, 5) is 0. The number of halogens is 3. The van der Waals surface area contributed by atoms with Gasteiger partial charge in [0.25, 0.3) is 0 Å². The van der Waals surface area contributed by atoms with Gasteiger partial charge in [0.2, 0.25) is 0 Å². The summed E-state index contributed by atoms with van der Waals surface area (Å²) in [6.07, 6.45) is -4.55. The molecule has 0 unspecified atom stereocenters. The summed E-state index contributed by atoms with van der Waals surface area (Å²) in [7, 11) is 0. The first-order valence-electron chi connectivity index (χ1n) is 3.67. The van der Waals surface area contributed by atoms with Crippen LogP contribution < -0.4 is 0 Å². The molecule has 1 N–H and O–H groups in total. The van der Waals surface area contributed by atoms with E-state index in [0.29, 0.717) is 0 Å². The van der Waals surface area contributed by atoms with Crippen molar-refractivity contribution < 1.29 is 18.3 Å². The quantitative estimate of drug-likeness (QED) is 0.701. The molecule has 0 aliphatic rings. The van der Waals surface area contributed by atoms with E-state index in [9.17, 15) is 13.2 Å². The average Bonchev–Trinajstić information content (AvgIpc) is 2.07. The normalized spacial score (nSPS) is 11.1. The maximum atomic E-state index is 12.3. The Hall–Kier alpha value is -1.70. The molecule has 1 rings (SSSR count). The summed E-state index contributed by atoms with van der Waals surface area (Å²) < 4.78 is 37.0. The van der Waals surface area contributed by atoms with Crippen molar-refractivity contribution >= 4 is 0 Å². The Bertz CT molecular complexity index is 404. The second kappa shape index (κ2) is 3.22. The van der Waals surface area contributed by atoms with E-state index < -0.39 is 17.5 Å². The Morgan fingerprint density at radius 1 is 1.36 bits per heavy atom. The Morgan fingerprint density at radius 2 is 1.93 bits per heavy atom. The molecule has 0 atom stereocenters. The number of phenolic OH excluding ortho intramolecular Hbond substituents is 1. The molecule has 74 valence electrons. The van der Waals surface area contributed by atoms with Crippen LogP contribution in [0.4, 0.5) is 13.2 Å². The van der Waals surface area contributed by atoms with E-state index in [4.69, 9.17) is 10.4 Å². The Labute approximate surface area is 78.2 Å². The summed E-state index contributed by atoms with van der Waals surface area (Å²) in [5.74, 6) is -0.517. The largest absolute Gasteiger partial charge is 0.508 e. The molecule has 2 nitrogen and oxygen atoms in total. The smallest absolute Gasteiger partial charge is 0.416 e. The van der Waals surface area contributed by atoms with E-state index in [2.05, 4.69) is 0 Å². The van der Waals surface area contributed by atoms with Crippen molar-refractivity contribution in [3.05, 3.63) is 28.8 Å². The van der Waals surface area contributed by atoms with Crippen LogP contribution in [0, 0.1) is 18.3 Å². The van der Waals surface area contributed by atoms with Crippen LogP contribution >= 0.6 is 0 Å². The highest BCUT2D eigenvalue weighted by molar-refractivity contribution is 5.47. The highest BCUT2D eigenvalue weighted by Crippen LogP contribution is 2.35. The zero-order chi connectivity index (χ0) is 10.9. The predicted octanol–water partition coefficient (Wildman–Crippen LogP) is 2.59. The Balaban J connectivity index is 3.44. The number of nitriles is 1. The van der Waals surface area contributed by atoms with Crippen molar-refractivity contribution in [1.29, 1.82) is 5.26 Å². The molecule has 0 saturated heterocycles. The van der Waals surface area contributed by atoms with Crippen LogP contribution in [0.1, 0.15) is 16.7 Å². The SMILES string of the molecule is Cc1c(O)cc(C#N)cc1C(F)(F)F. The van der Waals surface area contributed by atoms with Crippen molar-refractivity contribution in [3.8, 4) is 11.8 Å². The van der Waals surface area contributed by atoms with Crippen LogP contribution in [0.2, 0.25) is 0 Å². The number of phenols is 1. The zero-order valence-corrected chi connectivity index (χ0v) is 7.18. The highest BCUT2D eigenvalue weighted by atomic mass is 19.4. The third kappa shape index (κ3) is 1.79. The van der Waals surface area contributed by atoms with Crippen molar-refractivity contribution in [2.75, 3.05) is 0 Å². The average molecular weight is 201 g/mol. The van der Waals surface area contributed by atoms with Crippen LogP contribution in [0.3, 0.4) is 0 Å². The topological polar surface area (TPSA) is 44.0 Å². The van der Waals surface area contributed by atoms with E-state index in [1.165, 1.54) is 0 Å². The van der Waals surface area contributed by atoms with Crippen LogP contribution in [0.15, 0.2) is 12.1 Å². The molecule has 0 radical (unpaired) electrons. The van der Waals surface area contributed by atoms with Gasteiger partial charge in [-0.05, 0) is 19.1 Å². The van der Waals surface area contributed by atoms with Gasteiger partial charge in [-0.25, -0.2) is 0 Å². The molecule has 0 aromatic heterocycles. The number of hydrogen-bond donors (Lipinski definition) is 1. The lowest BCUT2D eigenvalue weighted by molar-refractivity contribution is -0.138. The van der Waals surface area contributed by atoms with Gasteiger partial charge < -0.3 is 5.11 Å². The maximum Gasteiger partial charge on any atom is 0.416 e. The lowest BCUT2D eigenvalue weighted by Crippen LogP contribution is -2.07. The molecule has 0 aliphatic carbocycles. The van der Waals surface area contributed by atoms with Crippen molar-refractivity contribution in [2.24, 2.45) is 0 Å². The second-order valence-electron chi connectivity index (χ2n) is 2.78. The second-order valence-corrected chi connectivity index (χ2v) is 2.78. The lowest BCUT2D eigenvalue weighted by Gasteiger charge is -2.11. The molecule has 0 heterocycles. The molecule has 5 heteroatoms. The molecular weight excluding hydrogens is 195 g/mol. The molecule has 14 heavy (non-hydrogen) atoms. The molecular formula is C9H6F3NO. The van der Waals surface area contributed by atoms with Gasteiger partial charge in [-0.3, -0.25) is 0 Å². The van der Waals surface area contributed by atoms with Crippen molar-refractivity contribution in [1.82, 2.24) is 0 Å². The van der Waals surface area contributed by atoms with E-state index in [1.807, 2.05) is 0 Å². The highest BCUT2D eigenvalue weighted by Gasteiger charge is 2.33. The minimum atomic E-state index is -4.55. The van der Waals surface area contributed by atoms with Crippen molar-refractivity contribution in [2.45, 2.75) is 13.1 Å². The van der Waals surface area contributed by atoms with E-state index >= 15 is 0 Å². The summed E-state index contributed by atoms with van der Waals surface area (Å²) in [6.45, 7) is 1.15. The number of alkyl halides is 3. The number of rotatable bonds is 0. The standard InChI is InChI=1S/C9H6F3NO/c1-5-7(9(10,11)12)2-6(4-13)3-8(5)14/h2-3,14H,1H3. The third-order valence-electron chi connectivity index (χ3n) is 1.81. The lowest BCUT2D eigenvalue weighted by atomic mass is 10.0. The van der Waals surface area contributed by atoms with Gasteiger partial charge in [-0.15, -0.1) is 0 Å². The van der Waals surface area contributed by atoms with Gasteiger partial charge in [0.15, 0.2) is 0 Å². The summed E-state index contributed by atoms with van der Waals surface area (Å²) >= 11 is 0. The van der Waals surface area contributed by atoms with Gasteiger partial charge in [0, 0.05) is 5.56 Å². The Morgan fingerprint density at radius 3 is 2.36 bits per heavy atom. The summed E-state index contributed by atoms with van der Waals surface area (Å²) in [5, 5.41) is 17.5. The molecule has 0 bridgehead atoms. The van der Waals surface area contributed by atoms with Gasteiger partial charge in [-0.1, -0.05) is 0 Å². The zero-order valence-electron chi connectivity index (χ0n) is 7.18. The minimum Gasteiger partial charge on any atom is -0.508 e. The molecule has 0 fully saturated rings. The number of nitrogens with zero attached hydrogens (tertiary/aromatic N) is 1. The van der Waals surface area contributed by atoms with E-state index in [0.717, 1.165) is 19.1 Å². The van der Waals surface area contributed by atoms with Crippen LogP contribution in [-0.2, 0) is 6.18 Å². The molecule has 1 aromatic carbocycles. The summed E-state index contributed by atoms with van der Waals surface area (Å²) in [5.41, 5.74) is -1.45. The fraction of sp³-hybridized carbons (Fsp3) is 0.222. The number of hydrogen-bond acceptors (Lipinski definition) is 2. The monoisotopic (exact) mass is 201 g/mol. The fourth-order valence-electron chi connectivity index (χ4n) is 1.06. The van der Waals surface area contributed by atoms with E-state index in [1.54, 1.807) is 6.07 Å². The summed E-state index contributed by atoms with van der Waals surface area (Å²) in [6, 6.07) is 3.27. The first kappa shape index (κ1) is 10.4. The molecule has 0 spiro atoms. The number of aromatic hydroxyl groups is 1. The predicted molar refractivity (Wildman–Crippen MR) is 42.6 cm³/mol. The number of benzene rings is 1. The van der Waals surface area contributed by atoms with Crippen LogP contribution in [0.5, 0.6) is 5.75 Å². The van der Waals surface area contributed by atoms with Gasteiger partial charge in [0.05, 0.1) is 17.2 Å². The molecule has 0 amide bonds. The first-order chi connectivity index (χ1) is 6.36.